The van der Waals surface area contributed by atoms with Crippen molar-refractivity contribution in [2.45, 2.75) is 45.3 Å². The summed E-state index contributed by atoms with van der Waals surface area (Å²) in [6.07, 6.45) is -4.18. The molecule has 32 heavy (non-hydrogen) atoms. The number of aromatic nitrogens is 2. The molecular weight excluding hydrogens is 432 g/mol. The van der Waals surface area contributed by atoms with Crippen LogP contribution in [0.3, 0.4) is 0 Å². The van der Waals surface area contributed by atoms with Gasteiger partial charge in [0.05, 0.1) is 40.8 Å². The van der Waals surface area contributed by atoms with E-state index in [0.717, 1.165) is 10.7 Å². The molecule has 0 bridgehead atoms. The van der Waals surface area contributed by atoms with Gasteiger partial charge in [-0.25, -0.2) is 9.07 Å². The van der Waals surface area contributed by atoms with Crippen molar-refractivity contribution in [1.29, 1.82) is 0 Å². The normalized spacial score (nSPS) is 20.3. The van der Waals surface area contributed by atoms with E-state index < -0.39 is 45.9 Å². The topological polar surface area (TPSA) is 99.2 Å². The number of Topliss-reactive ketones (excluding diaryl/α,β-unsaturated/α-hetero) is 1. The zero-order valence-corrected chi connectivity index (χ0v) is 17.5. The Bertz CT molecular complexity index is 1100. The number of benzene rings is 1. The van der Waals surface area contributed by atoms with Gasteiger partial charge in [0.15, 0.2) is 11.5 Å². The van der Waals surface area contributed by atoms with Gasteiger partial charge in [-0.3, -0.25) is 9.59 Å². The molecule has 1 amide bonds. The summed E-state index contributed by atoms with van der Waals surface area (Å²) in [5.41, 5.74) is 2.58. The van der Waals surface area contributed by atoms with Gasteiger partial charge in [0.25, 0.3) is 5.91 Å². The van der Waals surface area contributed by atoms with Crippen molar-refractivity contribution in [2.75, 3.05) is 18.5 Å². The molecule has 1 saturated heterocycles. The van der Waals surface area contributed by atoms with Gasteiger partial charge in [-0.05, 0) is 24.3 Å². The van der Waals surface area contributed by atoms with Crippen LogP contribution < -0.4 is 11.1 Å². The second-order valence-corrected chi connectivity index (χ2v) is 8.94. The van der Waals surface area contributed by atoms with Gasteiger partial charge in [-0.2, -0.15) is 18.3 Å². The molecule has 0 saturated carbocycles. The summed E-state index contributed by atoms with van der Waals surface area (Å²) in [7, 11) is 0. The van der Waals surface area contributed by atoms with E-state index in [1.807, 2.05) is 0 Å². The lowest BCUT2D eigenvalue weighted by Crippen LogP contribution is -2.29. The lowest BCUT2D eigenvalue weighted by atomic mass is 9.75. The van der Waals surface area contributed by atoms with Gasteiger partial charge in [-0.15, -0.1) is 0 Å². The maximum Gasteiger partial charge on any atom is 0.435 e. The van der Waals surface area contributed by atoms with Crippen LogP contribution in [0.1, 0.15) is 58.8 Å². The first kappa shape index (κ1) is 22.3. The number of rotatable bonds is 4. The van der Waals surface area contributed by atoms with Crippen LogP contribution in [0.2, 0.25) is 0 Å². The zero-order valence-electron chi connectivity index (χ0n) is 17.5. The van der Waals surface area contributed by atoms with E-state index in [0.29, 0.717) is 19.6 Å². The number of ketones is 1. The molecule has 1 aliphatic heterocycles. The molecule has 4 rings (SSSR count). The molecule has 1 atom stereocenters. The van der Waals surface area contributed by atoms with Gasteiger partial charge >= 0.3 is 6.18 Å². The number of carbonyl (C=O) groups excluding carboxylic acids is 2. The number of nitrogens with zero attached hydrogens (tertiary/aromatic N) is 2. The third-order valence-electron chi connectivity index (χ3n) is 5.67. The number of halogens is 4. The Labute approximate surface area is 180 Å². The number of fused-ring (bicyclic) bond motifs is 1. The molecule has 1 fully saturated rings. The summed E-state index contributed by atoms with van der Waals surface area (Å²) in [4.78, 5) is 24.5. The van der Waals surface area contributed by atoms with Crippen LogP contribution in [0.25, 0.3) is 5.69 Å². The fourth-order valence-corrected chi connectivity index (χ4v) is 4.31. The van der Waals surface area contributed by atoms with E-state index in [4.69, 9.17) is 10.5 Å². The highest BCUT2D eigenvalue weighted by Gasteiger charge is 2.45. The number of hydrogen-bond donors (Lipinski definition) is 2. The quantitative estimate of drug-likeness (QED) is 0.690. The largest absolute Gasteiger partial charge is 0.435 e. The molecule has 2 aliphatic rings. The Morgan fingerprint density at radius 3 is 2.62 bits per heavy atom. The number of primary amides is 1. The molecule has 1 unspecified atom stereocenters. The number of nitrogens with two attached hydrogens (primary N) is 1. The number of hydrogen-bond acceptors (Lipinski definition) is 5. The van der Waals surface area contributed by atoms with Crippen molar-refractivity contribution < 1.29 is 31.9 Å². The summed E-state index contributed by atoms with van der Waals surface area (Å²) in [5, 5.41) is 6.66. The molecule has 1 aromatic carbocycles. The standard InChI is InChI=1S/C21H22F4N4O3/c1-20(2)7-14-17(15(30)8-20)18(21(23,24)25)28-29(14)11-5-12(22)16(19(26)31)13(6-11)27-10-3-4-32-9-10/h5-6,10,27H,3-4,7-9H2,1-2H3,(H2,26,31). The zero-order chi connectivity index (χ0) is 23.4. The van der Waals surface area contributed by atoms with Crippen LogP contribution in [0.5, 0.6) is 0 Å². The molecule has 7 nitrogen and oxygen atoms in total. The molecule has 0 radical (unpaired) electrons. The Morgan fingerprint density at radius 1 is 1.31 bits per heavy atom. The summed E-state index contributed by atoms with van der Waals surface area (Å²) in [6.45, 7) is 4.33. The summed E-state index contributed by atoms with van der Waals surface area (Å²) in [5.74, 6) is -2.69. The first-order valence-electron chi connectivity index (χ1n) is 10.1. The van der Waals surface area contributed by atoms with Crippen LogP contribution in [-0.4, -0.2) is 40.7 Å². The number of anilines is 1. The van der Waals surface area contributed by atoms with Crippen molar-refractivity contribution in [3.8, 4) is 5.69 Å². The minimum atomic E-state index is -4.86. The molecule has 172 valence electrons. The van der Waals surface area contributed by atoms with Gasteiger partial charge < -0.3 is 15.8 Å². The lowest BCUT2D eigenvalue weighted by Gasteiger charge is -2.29. The third-order valence-corrected chi connectivity index (χ3v) is 5.67. The van der Waals surface area contributed by atoms with E-state index >= 15 is 0 Å². The Balaban J connectivity index is 1.91. The number of amides is 1. The molecule has 2 heterocycles. The van der Waals surface area contributed by atoms with Crippen molar-refractivity contribution in [3.63, 3.8) is 0 Å². The summed E-state index contributed by atoms with van der Waals surface area (Å²) >= 11 is 0. The average Bonchev–Trinajstić information content (AvgIpc) is 3.27. The number of nitrogens with one attached hydrogen (secondary N) is 1. The van der Waals surface area contributed by atoms with Crippen molar-refractivity contribution in [2.24, 2.45) is 11.1 Å². The molecule has 2 aromatic rings. The van der Waals surface area contributed by atoms with E-state index in [9.17, 15) is 27.2 Å². The van der Waals surface area contributed by atoms with Crippen LogP contribution in [0, 0.1) is 11.2 Å². The highest BCUT2D eigenvalue weighted by Crippen LogP contribution is 2.42. The van der Waals surface area contributed by atoms with Crippen LogP contribution in [-0.2, 0) is 17.3 Å². The van der Waals surface area contributed by atoms with E-state index in [1.54, 1.807) is 13.8 Å². The lowest BCUT2D eigenvalue weighted by molar-refractivity contribution is -0.141. The minimum absolute atomic E-state index is 0.0298. The number of carbonyl (C=O) groups is 2. The monoisotopic (exact) mass is 454 g/mol. The second kappa shape index (κ2) is 7.58. The second-order valence-electron chi connectivity index (χ2n) is 8.94. The van der Waals surface area contributed by atoms with Crippen LogP contribution in [0.15, 0.2) is 12.1 Å². The fraction of sp³-hybridized carbons (Fsp3) is 0.476. The first-order valence-corrected chi connectivity index (χ1v) is 10.1. The smallest absolute Gasteiger partial charge is 0.379 e. The Kier molecular flexibility index (Phi) is 5.27. The molecule has 1 aliphatic carbocycles. The van der Waals surface area contributed by atoms with E-state index in [-0.39, 0.29) is 36.0 Å². The van der Waals surface area contributed by atoms with Crippen LogP contribution >= 0.6 is 0 Å². The van der Waals surface area contributed by atoms with Gasteiger partial charge in [0.1, 0.15) is 5.82 Å². The number of alkyl halides is 3. The first-order chi connectivity index (χ1) is 14.9. The summed E-state index contributed by atoms with van der Waals surface area (Å²) in [6, 6.07) is 2.00. The van der Waals surface area contributed by atoms with Crippen molar-refractivity contribution >= 4 is 17.4 Å². The number of ether oxygens (including phenoxy) is 1. The third kappa shape index (κ3) is 3.96. The Morgan fingerprint density at radius 2 is 2.03 bits per heavy atom. The Hall–Kier alpha value is -2.95. The maximum absolute atomic E-state index is 14.9. The predicted octanol–water partition coefficient (Wildman–Crippen LogP) is 3.49. The van der Waals surface area contributed by atoms with Crippen molar-refractivity contribution in [3.05, 3.63) is 40.5 Å². The van der Waals surface area contributed by atoms with Crippen LogP contribution in [0.4, 0.5) is 23.2 Å². The van der Waals surface area contributed by atoms with E-state index in [1.165, 1.54) is 6.07 Å². The predicted molar refractivity (Wildman–Crippen MR) is 106 cm³/mol. The van der Waals surface area contributed by atoms with Crippen molar-refractivity contribution in [1.82, 2.24) is 9.78 Å². The molecule has 0 spiro atoms. The van der Waals surface area contributed by atoms with E-state index in [2.05, 4.69) is 10.4 Å². The highest BCUT2D eigenvalue weighted by atomic mass is 19.4. The van der Waals surface area contributed by atoms with Gasteiger partial charge in [0.2, 0.25) is 0 Å². The molecule has 11 heteroatoms. The average molecular weight is 454 g/mol. The molecular formula is C21H22F4N4O3. The minimum Gasteiger partial charge on any atom is -0.379 e. The maximum atomic E-state index is 14.9. The molecule has 3 N–H and O–H groups in total. The molecule has 1 aromatic heterocycles. The SMILES string of the molecule is CC1(C)CC(=O)c2c(C(F)(F)F)nn(-c3cc(F)c(C(N)=O)c(NC4CCOC4)c3)c2C1. The van der Waals surface area contributed by atoms with Gasteiger partial charge in [-0.1, -0.05) is 13.8 Å². The fourth-order valence-electron chi connectivity index (χ4n) is 4.31. The summed E-state index contributed by atoms with van der Waals surface area (Å²) < 4.78 is 62.2. The highest BCUT2D eigenvalue weighted by molar-refractivity contribution is 6.01. The van der Waals surface area contributed by atoms with Gasteiger partial charge in [0, 0.05) is 19.1 Å².